The van der Waals surface area contributed by atoms with Crippen LogP contribution in [0.2, 0.25) is 0 Å². The third-order valence-corrected chi connectivity index (χ3v) is 5.39. The number of hydrogen-bond acceptors (Lipinski definition) is 1. The predicted molar refractivity (Wildman–Crippen MR) is 107 cm³/mol. The van der Waals surface area contributed by atoms with E-state index in [2.05, 4.69) is 16.7 Å². The van der Waals surface area contributed by atoms with Crippen LogP contribution in [-0.4, -0.2) is 5.11 Å². The molecule has 27 heavy (non-hydrogen) atoms. The van der Waals surface area contributed by atoms with Crippen LogP contribution >= 0.6 is 12.2 Å². The van der Waals surface area contributed by atoms with Crippen LogP contribution in [0.25, 0.3) is 0 Å². The molecular formula is C21H23F3N2S. The molecule has 2 nitrogen and oxygen atoms in total. The third kappa shape index (κ3) is 4.43. The summed E-state index contributed by atoms with van der Waals surface area (Å²) < 4.78 is 39.4. The zero-order chi connectivity index (χ0) is 19.7. The molecule has 0 aromatic heterocycles. The number of anilines is 1. The maximum absolute atomic E-state index is 13.1. The van der Waals surface area contributed by atoms with E-state index < -0.39 is 17.3 Å². The lowest BCUT2D eigenvalue weighted by atomic mass is 9.87. The van der Waals surface area contributed by atoms with Gasteiger partial charge in [-0.2, -0.15) is 13.2 Å². The fourth-order valence-electron chi connectivity index (χ4n) is 3.78. The summed E-state index contributed by atoms with van der Waals surface area (Å²) in [6, 6.07) is 11.6. The van der Waals surface area contributed by atoms with Crippen molar-refractivity contribution in [2.75, 3.05) is 5.32 Å². The van der Waals surface area contributed by atoms with Crippen molar-refractivity contribution >= 4 is 23.0 Å². The van der Waals surface area contributed by atoms with Gasteiger partial charge in [0.15, 0.2) is 5.11 Å². The SMILES string of the molecule is Cc1ccc(NC(=S)NC2(c3cccc(C(F)(F)F)c3)CCCC2)c(C)c1. The Morgan fingerprint density at radius 3 is 2.37 bits per heavy atom. The Bertz CT molecular complexity index is 840. The van der Waals surface area contributed by atoms with Crippen LogP contribution in [-0.2, 0) is 11.7 Å². The van der Waals surface area contributed by atoms with E-state index in [-0.39, 0.29) is 0 Å². The van der Waals surface area contributed by atoms with Gasteiger partial charge in [0, 0.05) is 5.69 Å². The molecule has 3 rings (SSSR count). The highest BCUT2D eigenvalue weighted by Crippen LogP contribution is 2.41. The molecule has 0 heterocycles. The molecule has 0 saturated heterocycles. The molecular weight excluding hydrogens is 369 g/mol. The molecule has 0 aliphatic heterocycles. The second-order valence-electron chi connectivity index (χ2n) is 7.27. The Labute approximate surface area is 163 Å². The van der Waals surface area contributed by atoms with Crippen LogP contribution in [0, 0.1) is 13.8 Å². The molecule has 1 fully saturated rings. The zero-order valence-electron chi connectivity index (χ0n) is 15.4. The molecule has 2 aromatic rings. The van der Waals surface area contributed by atoms with Gasteiger partial charge in [-0.3, -0.25) is 0 Å². The van der Waals surface area contributed by atoms with Gasteiger partial charge in [-0.1, -0.05) is 42.7 Å². The van der Waals surface area contributed by atoms with Crippen LogP contribution in [0.15, 0.2) is 42.5 Å². The minimum Gasteiger partial charge on any atom is -0.353 e. The molecule has 144 valence electrons. The topological polar surface area (TPSA) is 24.1 Å². The van der Waals surface area contributed by atoms with Gasteiger partial charge in [-0.15, -0.1) is 0 Å². The minimum atomic E-state index is -4.35. The normalized spacial score (nSPS) is 16.2. The van der Waals surface area contributed by atoms with Crippen molar-refractivity contribution in [1.82, 2.24) is 5.32 Å². The van der Waals surface area contributed by atoms with E-state index in [1.807, 2.05) is 26.0 Å². The molecule has 0 amide bonds. The van der Waals surface area contributed by atoms with Crippen LogP contribution in [0.3, 0.4) is 0 Å². The number of halogens is 3. The fourth-order valence-corrected chi connectivity index (χ4v) is 4.09. The molecule has 1 aliphatic carbocycles. The largest absolute Gasteiger partial charge is 0.416 e. The quantitative estimate of drug-likeness (QED) is 0.619. The summed E-state index contributed by atoms with van der Waals surface area (Å²) in [6.45, 7) is 4.02. The molecule has 0 bridgehead atoms. The average molecular weight is 392 g/mol. The second-order valence-corrected chi connectivity index (χ2v) is 7.67. The van der Waals surface area contributed by atoms with E-state index in [4.69, 9.17) is 12.2 Å². The Morgan fingerprint density at radius 2 is 1.74 bits per heavy atom. The first-order valence-corrected chi connectivity index (χ1v) is 9.45. The summed E-state index contributed by atoms with van der Waals surface area (Å²) >= 11 is 5.50. The van der Waals surface area contributed by atoms with Gasteiger partial charge in [0.2, 0.25) is 0 Å². The molecule has 1 saturated carbocycles. The van der Waals surface area contributed by atoms with Gasteiger partial charge in [0.25, 0.3) is 0 Å². The molecule has 0 spiro atoms. The monoisotopic (exact) mass is 392 g/mol. The first kappa shape index (κ1) is 19.7. The Morgan fingerprint density at radius 1 is 1.04 bits per heavy atom. The maximum atomic E-state index is 13.1. The van der Waals surface area contributed by atoms with Crippen molar-refractivity contribution in [1.29, 1.82) is 0 Å². The average Bonchev–Trinajstić information content (AvgIpc) is 3.06. The highest BCUT2D eigenvalue weighted by Gasteiger charge is 2.38. The highest BCUT2D eigenvalue weighted by atomic mass is 32.1. The standard InChI is InChI=1S/C21H23F3N2S/c1-14-8-9-18(15(2)12-14)25-19(27)26-20(10-3-4-11-20)16-6-5-7-17(13-16)21(22,23)24/h5-9,12-13H,3-4,10-11H2,1-2H3,(H2,25,26,27). The molecule has 6 heteroatoms. The second kappa shape index (κ2) is 7.50. The zero-order valence-corrected chi connectivity index (χ0v) is 16.2. The van der Waals surface area contributed by atoms with Gasteiger partial charge in [0.1, 0.15) is 0 Å². The summed E-state index contributed by atoms with van der Waals surface area (Å²) in [5, 5.41) is 6.96. The van der Waals surface area contributed by atoms with Gasteiger partial charge >= 0.3 is 6.18 Å². The number of alkyl halides is 3. The molecule has 2 aromatic carbocycles. The van der Waals surface area contributed by atoms with Crippen LogP contribution in [0.4, 0.5) is 18.9 Å². The van der Waals surface area contributed by atoms with Crippen molar-refractivity contribution in [3.05, 3.63) is 64.7 Å². The van der Waals surface area contributed by atoms with E-state index in [1.165, 1.54) is 12.1 Å². The van der Waals surface area contributed by atoms with Crippen LogP contribution in [0.5, 0.6) is 0 Å². The highest BCUT2D eigenvalue weighted by molar-refractivity contribution is 7.80. The predicted octanol–water partition coefficient (Wildman–Crippen LogP) is 6.08. The minimum absolute atomic E-state index is 0.432. The lowest BCUT2D eigenvalue weighted by molar-refractivity contribution is -0.137. The molecule has 0 unspecified atom stereocenters. The van der Waals surface area contributed by atoms with E-state index in [1.54, 1.807) is 6.07 Å². The van der Waals surface area contributed by atoms with E-state index in [9.17, 15) is 13.2 Å². The number of hydrogen-bond donors (Lipinski definition) is 2. The van der Waals surface area contributed by atoms with Gasteiger partial charge in [-0.25, -0.2) is 0 Å². The molecule has 0 atom stereocenters. The van der Waals surface area contributed by atoms with Crippen molar-refractivity contribution in [3.63, 3.8) is 0 Å². The van der Waals surface area contributed by atoms with E-state index in [0.29, 0.717) is 10.7 Å². The van der Waals surface area contributed by atoms with Crippen molar-refractivity contribution < 1.29 is 13.2 Å². The fraction of sp³-hybridized carbons (Fsp3) is 0.381. The Balaban J connectivity index is 1.84. The van der Waals surface area contributed by atoms with E-state index in [0.717, 1.165) is 48.6 Å². The summed E-state index contributed by atoms with van der Waals surface area (Å²) in [4.78, 5) is 0. The summed E-state index contributed by atoms with van der Waals surface area (Å²) in [5.41, 5.74) is 2.58. The maximum Gasteiger partial charge on any atom is 0.416 e. The van der Waals surface area contributed by atoms with Crippen molar-refractivity contribution in [3.8, 4) is 0 Å². The number of aryl methyl sites for hydroxylation is 2. The number of rotatable bonds is 3. The van der Waals surface area contributed by atoms with Gasteiger partial charge < -0.3 is 10.6 Å². The third-order valence-electron chi connectivity index (χ3n) is 5.18. The van der Waals surface area contributed by atoms with Crippen molar-refractivity contribution in [2.45, 2.75) is 51.2 Å². The first-order chi connectivity index (χ1) is 12.7. The number of thiocarbonyl (C=S) groups is 1. The molecule has 0 radical (unpaired) electrons. The Hall–Kier alpha value is -2.08. The summed E-state index contributed by atoms with van der Waals surface area (Å²) in [5.74, 6) is 0. The van der Waals surface area contributed by atoms with Gasteiger partial charge in [-0.05, 0) is 68.2 Å². The Kier molecular flexibility index (Phi) is 5.47. The smallest absolute Gasteiger partial charge is 0.353 e. The van der Waals surface area contributed by atoms with Crippen molar-refractivity contribution in [2.24, 2.45) is 0 Å². The summed E-state index contributed by atoms with van der Waals surface area (Å²) in [6.07, 6.45) is -0.940. The number of benzene rings is 2. The number of nitrogens with one attached hydrogen (secondary N) is 2. The molecule has 1 aliphatic rings. The lowest BCUT2D eigenvalue weighted by Crippen LogP contribution is -2.45. The van der Waals surface area contributed by atoms with Gasteiger partial charge in [0.05, 0.1) is 11.1 Å². The van der Waals surface area contributed by atoms with Crippen LogP contribution < -0.4 is 10.6 Å². The first-order valence-electron chi connectivity index (χ1n) is 9.04. The summed E-state index contributed by atoms with van der Waals surface area (Å²) in [7, 11) is 0. The lowest BCUT2D eigenvalue weighted by Gasteiger charge is -2.33. The van der Waals surface area contributed by atoms with Crippen LogP contribution in [0.1, 0.15) is 47.9 Å². The molecule has 2 N–H and O–H groups in total. The van der Waals surface area contributed by atoms with E-state index >= 15 is 0 Å².